The second-order valence-corrected chi connectivity index (χ2v) is 1.86. The molecule has 0 spiro atoms. The Morgan fingerprint density at radius 1 is 1.80 bits per heavy atom. The number of nitrogens with zero attached hydrogens (tertiary/aromatic N) is 1. The van der Waals surface area contributed by atoms with Gasteiger partial charge in [0.2, 0.25) is 6.41 Å². The van der Waals surface area contributed by atoms with Crippen LogP contribution in [0.1, 0.15) is 5.82 Å². The summed E-state index contributed by atoms with van der Waals surface area (Å²) in [6.45, 7) is 0.636. The van der Waals surface area contributed by atoms with Gasteiger partial charge in [0, 0.05) is 25.4 Å². The second kappa shape index (κ2) is 3.66. The van der Waals surface area contributed by atoms with Crippen LogP contribution in [0, 0.1) is 0 Å². The van der Waals surface area contributed by atoms with E-state index in [0.29, 0.717) is 13.0 Å². The van der Waals surface area contributed by atoms with Crippen LogP contribution in [-0.4, -0.2) is 22.9 Å². The van der Waals surface area contributed by atoms with Gasteiger partial charge in [0.05, 0.1) is 0 Å². The molecular formula is C6H9N3O. The highest BCUT2D eigenvalue weighted by atomic mass is 16.1. The summed E-state index contributed by atoms with van der Waals surface area (Å²) >= 11 is 0. The lowest BCUT2D eigenvalue weighted by Crippen LogP contribution is -2.14. The Labute approximate surface area is 58.7 Å². The van der Waals surface area contributed by atoms with Crippen LogP contribution in [0.5, 0.6) is 0 Å². The molecule has 0 aliphatic carbocycles. The van der Waals surface area contributed by atoms with E-state index >= 15 is 0 Å². The Kier molecular flexibility index (Phi) is 2.49. The van der Waals surface area contributed by atoms with Crippen molar-refractivity contribution in [3.05, 3.63) is 18.2 Å². The largest absolute Gasteiger partial charge is 0.358 e. The normalized spacial score (nSPS) is 9.20. The van der Waals surface area contributed by atoms with Gasteiger partial charge in [-0.15, -0.1) is 0 Å². The molecule has 4 heteroatoms. The van der Waals surface area contributed by atoms with E-state index in [9.17, 15) is 4.79 Å². The predicted molar refractivity (Wildman–Crippen MR) is 36.4 cm³/mol. The van der Waals surface area contributed by atoms with Crippen molar-refractivity contribution in [3.8, 4) is 0 Å². The predicted octanol–water partition coefficient (Wildman–Crippen LogP) is -0.302. The topological polar surface area (TPSA) is 57.8 Å². The minimum Gasteiger partial charge on any atom is -0.358 e. The van der Waals surface area contributed by atoms with E-state index in [4.69, 9.17) is 0 Å². The molecule has 0 radical (unpaired) electrons. The maximum atomic E-state index is 9.79. The standard InChI is InChI=1S/C6H9N3O/c10-5-7-2-1-6-8-3-4-9-6/h3-5H,1-2H2,(H,7,10)(H,8,9). The highest BCUT2D eigenvalue weighted by Crippen LogP contribution is 1.86. The van der Waals surface area contributed by atoms with E-state index in [1.54, 1.807) is 12.4 Å². The summed E-state index contributed by atoms with van der Waals surface area (Å²) in [4.78, 5) is 16.7. The molecule has 0 aliphatic rings. The molecule has 0 saturated heterocycles. The van der Waals surface area contributed by atoms with Crippen LogP contribution in [0.4, 0.5) is 0 Å². The SMILES string of the molecule is O=CNCCc1ncc[nH]1. The quantitative estimate of drug-likeness (QED) is 0.444. The number of carbonyl (C=O) groups is 1. The van der Waals surface area contributed by atoms with Crippen molar-refractivity contribution in [3.63, 3.8) is 0 Å². The summed E-state index contributed by atoms with van der Waals surface area (Å²) in [7, 11) is 0. The molecule has 1 heterocycles. The lowest BCUT2D eigenvalue weighted by Gasteiger charge is -1.93. The van der Waals surface area contributed by atoms with E-state index in [1.165, 1.54) is 0 Å². The highest BCUT2D eigenvalue weighted by Gasteiger charge is 1.90. The van der Waals surface area contributed by atoms with Gasteiger partial charge in [-0.2, -0.15) is 0 Å². The zero-order valence-corrected chi connectivity index (χ0v) is 5.50. The number of carbonyl (C=O) groups excluding carboxylic acids is 1. The molecule has 0 aromatic carbocycles. The fraction of sp³-hybridized carbons (Fsp3) is 0.333. The maximum Gasteiger partial charge on any atom is 0.207 e. The summed E-state index contributed by atoms with van der Waals surface area (Å²) in [5, 5.41) is 2.55. The average Bonchev–Trinajstić information content (AvgIpc) is 2.41. The minimum absolute atomic E-state index is 0.636. The first-order chi connectivity index (χ1) is 4.93. The number of aromatic nitrogens is 2. The van der Waals surface area contributed by atoms with Crippen molar-refractivity contribution < 1.29 is 4.79 Å². The van der Waals surface area contributed by atoms with Gasteiger partial charge in [-0.1, -0.05) is 0 Å². The summed E-state index contributed by atoms with van der Waals surface area (Å²) in [6.07, 6.45) is 4.89. The Balaban J connectivity index is 2.21. The molecule has 1 aromatic rings. The monoisotopic (exact) mass is 139 g/mol. The second-order valence-electron chi connectivity index (χ2n) is 1.86. The van der Waals surface area contributed by atoms with Gasteiger partial charge in [-0.3, -0.25) is 4.79 Å². The Hall–Kier alpha value is -1.32. The number of hydrogen-bond acceptors (Lipinski definition) is 2. The van der Waals surface area contributed by atoms with Crippen LogP contribution in [0.25, 0.3) is 0 Å². The molecular weight excluding hydrogens is 130 g/mol. The highest BCUT2D eigenvalue weighted by molar-refractivity contribution is 5.45. The first-order valence-corrected chi connectivity index (χ1v) is 3.09. The Morgan fingerprint density at radius 3 is 3.30 bits per heavy atom. The number of rotatable bonds is 4. The average molecular weight is 139 g/mol. The van der Waals surface area contributed by atoms with Crippen molar-refractivity contribution in [1.82, 2.24) is 15.3 Å². The van der Waals surface area contributed by atoms with Crippen LogP contribution in [0.3, 0.4) is 0 Å². The van der Waals surface area contributed by atoms with E-state index in [1.807, 2.05) is 0 Å². The van der Waals surface area contributed by atoms with Crippen molar-refractivity contribution in [2.24, 2.45) is 0 Å². The van der Waals surface area contributed by atoms with Gasteiger partial charge in [-0.05, 0) is 0 Å². The molecule has 0 aliphatic heterocycles. The van der Waals surface area contributed by atoms with Gasteiger partial charge in [0.15, 0.2) is 0 Å². The first kappa shape index (κ1) is 6.80. The third-order valence-electron chi connectivity index (χ3n) is 1.14. The molecule has 54 valence electrons. The van der Waals surface area contributed by atoms with E-state index < -0.39 is 0 Å². The van der Waals surface area contributed by atoms with Crippen LogP contribution in [0.2, 0.25) is 0 Å². The molecule has 10 heavy (non-hydrogen) atoms. The molecule has 0 saturated carbocycles. The Morgan fingerprint density at radius 2 is 2.70 bits per heavy atom. The van der Waals surface area contributed by atoms with Crippen LogP contribution in [-0.2, 0) is 11.2 Å². The smallest absolute Gasteiger partial charge is 0.207 e. The number of nitrogens with one attached hydrogen (secondary N) is 2. The van der Waals surface area contributed by atoms with Gasteiger partial charge in [0.25, 0.3) is 0 Å². The van der Waals surface area contributed by atoms with E-state index in [-0.39, 0.29) is 0 Å². The number of hydrogen-bond donors (Lipinski definition) is 2. The zero-order chi connectivity index (χ0) is 7.23. The van der Waals surface area contributed by atoms with E-state index in [2.05, 4.69) is 15.3 Å². The number of imidazole rings is 1. The zero-order valence-electron chi connectivity index (χ0n) is 5.50. The van der Waals surface area contributed by atoms with Crippen LogP contribution >= 0.6 is 0 Å². The summed E-state index contributed by atoms with van der Waals surface area (Å²) in [5.74, 6) is 0.898. The Bertz CT molecular complexity index is 183. The molecule has 0 bridgehead atoms. The van der Waals surface area contributed by atoms with Crippen molar-refractivity contribution in [1.29, 1.82) is 0 Å². The number of aromatic amines is 1. The molecule has 1 rings (SSSR count). The number of H-pyrrole nitrogens is 1. The van der Waals surface area contributed by atoms with Gasteiger partial charge in [0.1, 0.15) is 5.82 Å². The molecule has 1 aromatic heterocycles. The lowest BCUT2D eigenvalue weighted by molar-refractivity contribution is -0.109. The van der Waals surface area contributed by atoms with Crippen LogP contribution < -0.4 is 5.32 Å². The molecule has 0 unspecified atom stereocenters. The third-order valence-corrected chi connectivity index (χ3v) is 1.14. The summed E-state index contributed by atoms with van der Waals surface area (Å²) in [6, 6.07) is 0. The lowest BCUT2D eigenvalue weighted by atomic mass is 10.4. The van der Waals surface area contributed by atoms with Crippen molar-refractivity contribution >= 4 is 6.41 Å². The fourth-order valence-corrected chi connectivity index (χ4v) is 0.684. The molecule has 2 N–H and O–H groups in total. The summed E-state index contributed by atoms with van der Waals surface area (Å²) < 4.78 is 0. The molecule has 4 nitrogen and oxygen atoms in total. The van der Waals surface area contributed by atoms with Gasteiger partial charge < -0.3 is 10.3 Å². The first-order valence-electron chi connectivity index (χ1n) is 3.09. The fourth-order valence-electron chi connectivity index (χ4n) is 0.684. The molecule has 0 fully saturated rings. The van der Waals surface area contributed by atoms with Crippen LogP contribution in [0.15, 0.2) is 12.4 Å². The van der Waals surface area contributed by atoms with Crippen molar-refractivity contribution in [2.45, 2.75) is 6.42 Å². The van der Waals surface area contributed by atoms with Gasteiger partial charge >= 0.3 is 0 Å². The van der Waals surface area contributed by atoms with E-state index in [0.717, 1.165) is 12.2 Å². The molecule has 1 amide bonds. The van der Waals surface area contributed by atoms with Crippen molar-refractivity contribution in [2.75, 3.05) is 6.54 Å². The third kappa shape index (κ3) is 1.89. The summed E-state index contributed by atoms with van der Waals surface area (Å²) in [5.41, 5.74) is 0. The number of amides is 1. The minimum atomic E-state index is 0.636. The van der Waals surface area contributed by atoms with Gasteiger partial charge in [-0.25, -0.2) is 4.98 Å². The maximum absolute atomic E-state index is 9.79. The molecule has 0 atom stereocenters.